The molecular formula is C92H85N13O4+4. The average molecular weight is 1440 g/mol. The molecule has 0 aliphatic carbocycles. The molecule has 17 heteroatoms. The molecule has 0 aliphatic rings. The van der Waals surface area contributed by atoms with E-state index in [1.54, 1.807) is 19.3 Å². The summed E-state index contributed by atoms with van der Waals surface area (Å²) in [6.07, 6.45) is 9.42. The fourth-order valence-corrected chi connectivity index (χ4v) is 15.2. The third-order valence-corrected chi connectivity index (χ3v) is 20.9. The van der Waals surface area contributed by atoms with Crippen molar-refractivity contribution in [1.29, 1.82) is 0 Å². The zero-order valence-corrected chi connectivity index (χ0v) is 63.3. The number of pyridine rings is 3. The smallest absolute Gasteiger partial charge is 0.327 e. The van der Waals surface area contributed by atoms with Gasteiger partial charge in [0.2, 0.25) is 23.0 Å². The maximum absolute atomic E-state index is 8.05. The number of aryl methyl sites for hydroxylation is 9. The fourth-order valence-electron chi connectivity index (χ4n) is 15.2. The van der Waals surface area contributed by atoms with Gasteiger partial charge in [-0.2, -0.15) is 22.8 Å². The number of imidazole rings is 4. The maximum atomic E-state index is 8.05. The highest BCUT2D eigenvalue weighted by molar-refractivity contribution is 6.10. The second-order valence-electron chi connectivity index (χ2n) is 29.2. The van der Waals surface area contributed by atoms with Crippen molar-refractivity contribution in [3.05, 3.63) is 293 Å². The lowest BCUT2D eigenvalue weighted by atomic mass is 9.93. The summed E-state index contributed by atoms with van der Waals surface area (Å²) < 4.78 is 87.4. The first-order valence-corrected chi connectivity index (χ1v) is 36.5. The molecule has 0 aliphatic heterocycles. The van der Waals surface area contributed by atoms with Crippen molar-refractivity contribution in [2.75, 3.05) is 0 Å². The number of fused-ring (bicyclic) bond motifs is 14. The molecule has 0 spiro atoms. The normalized spacial score (nSPS) is 12.9. The number of hydrogen-bond donors (Lipinski definition) is 0. The Morgan fingerprint density at radius 3 is 1.50 bits per heavy atom. The van der Waals surface area contributed by atoms with Crippen molar-refractivity contribution in [3.8, 4) is 34.1 Å². The van der Waals surface area contributed by atoms with Crippen LogP contribution >= 0.6 is 0 Å². The lowest BCUT2D eigenvalue weighted by Crippen LogP contribution is -2.35. The molecule has 538 valence electrons. The predicted octanol–water partition coefficient (Wildman–Crippen LogP) is 19.7. The van der Waals surface area contributed by atoms with Gasteiger partial charge in [-0.1, -0.05) is 112 Å². The minimum Gasteiger partial charge on any atom is -0.452 e. The summed E-state index contributed by atoms with van der Waals surface area (Å²) in [6, 6.07) is 65.2. The van der Waals surface area contributed by atoms with Gasteiger partial charge in [-0.25, -0.2) is 33.6 Å². The molecule has 20 aromatic rings. The van der Waals surface area contributed by atoms with Gasteiger partial charge >= 0.3 is 5.65 Å². The van der Waals surface area contributed by atoms with Gasteiger partial charge < -0.3 is 17.7 Å². The van der Waals surface area contributed by atoms with E-state index in [1.807, 2.05) is 160 Å². The summed E-state index contributed by atoms with van der Waals surface area (Å²) in [5.74, 6) is 3.36. The highest BCUT2D eigenvalue weighted by Gasteiger charge is 2.33. The molecule has 0 amide bonds. The van der Waals surface area contributed by atoms with Crippen LogP contribution in [-0.4, -0.2) is 43.2 Å². The lowest BCUT2D eigenvalue weighted by Gasteiger charge is -2.15. The minimum absolute atomic E-state index is 0.111. The number of benzene rings is 8. The second-order valence-corrected chi connectivity index (χ2v) is 29.2. The van der Waals surface area contributed by atoms with Crippen molar-refractivity contribution >= 4 is 110 Å². The Balaban J connectivity index is 0.000000111. The number of furan rings is 4. The summed E-state index contributed by atoms with van der Waals surface area (Å²) in [5.41, 5.74) is 22.9. The number of para-hydroxylation sites is 5. The summed E-state index contributed by atoms with van der Waals surface area (Å²) in [4.78, 5) is 23.7. The number of rotatable bonds is 6. The van der Waals surface area contributed by atoms with Gasteiger partial charge in [0.05, 0.1) is 27.9 Å². The van der Waals surface area contributed by atoms with Gasteiger partial charge in [0.25, 0.3) is 23.1 Å². The van der Waals surface area contributed by atoms with Crippen molar-refractivity contribution in [2.24, 2.45) is 14.0 Å². The van der Waals surface area contributed by atoms with Crippen LogP contribution in [0.15, 0.2) is 243 Å². The van der Waals surface area contributed by atoms with Crippen LogP contribution in [-0.2, 0) is 19.4 Å². The molecule has 0 saturated heterocycles. The Morgan fingerprint density at radius 2 is 0.899 bits per heavy atom. The third kappa shape index (κ3) is 11.7. The largest absolute Gasteiger partial charge is 0.452 e. The van der Waals surface area contributed by atoms with E-state index in [9.17, 15) is 0 Å². The first-order valence-electron chi connectivity index (χ1n) is 39.5. The van der Waals surface area contributed by atoms with E-state index in [-0.39, 0.29) is 5.41 Å². The van der Waals surface area contributed by atoms with Gasteiger partial charge in [0, 0.05) is 110 Å². The molecule has 0 atom stereocenters. The van der Waals surface area contributed by atoms with Crippen LogP contribution in [0.2, 0.25) is 0 Å². The Bertz CT molecular complexity index is 7270. The molecule has 12 heterocycles. The zero-order chi connectivity index (χ0) is 80.6. The van der Waals surface area contributed by atoms with Gasteiger partial charge in [0.15, 0.2) is 56.1 Å². The molecule has 20 rings (SSSR count). The average Bonchev–Trinajstić information content (AvgIpc) is 1.58. The van der Waals surface area contributed by atoms with E-state index in [4.69, 9.17) is 35.9 Å². The van der Waals surface area contributed by atoms with E-state index in [1.165, 1.54) is 9.13 Å². The first kappa shape index (κ1) is 62.1. The van der Waals surface area contributed by atoms with Gasteiger partial charge in [-0.3, -0.25) is 0 Å². The second kappa shape index (κ2) is 26.7. The minimum atomic E-state index is -2.29. The highest BCUT2D eigenvalue weighted by atomic mass is 16.4. The predicted molar refractivity (Wildman–Crippen MR) is 432 cm³/mol. The summed E-state index contributed by atoms with van der Waals surface area (Å²) in [6.45, 7) is 23.9. The van der Waals surface area contributed by atoms with Gasteiger partial charge in [-0.05, 0) is 157 Å². The number of nitrogens with zero attached hydrogens (tertiary/aromatic N) is 13. The Kier molecular flexibility index (Phi) is 15.2. The van der Waals surface area contributed by atoms with Crippen LogP contribution < -0.4 is 18.3 Å². The quantitative estimate of drug-likeness (QED) is 0.148. The van der Waals surface area contributed by atoms with E-state index in [2.05, 4.69) is 185 Å². The Labute approximate surface area is 638 Å². The van der Waals surface area contributed by atoms with Crippen molar-refractivity contribution in [2.45, 2.75) is 102 Å². The number of aromatic nitrogens is 13. The molecule has 8 aromatic carbocycles. The molecule has 0 bridgehead atoms. The SMILES string of the molecule is Cc1ccc2c(n1)oc1c(-[n+]3ccn(-c4ccccc4)c3C)c(C)ccc12.Cc1ccc2c(oc3ccccc32)c1-[n+]1c(C)n(-c2ccccc2)c2nc(C(C)(C)C)cnc21.[2H]C([2H])([2H])[n+]1c(C)n(-c2c(C)ccc3c2oc2nc(C)ccc23)c2ccccc21.[2H]C([2H])([2H])[n+]1ccn(-c2c(C)ccc3c2oc2nc(C)ccc23)c1C. The molecule has 17 nitrogen and oxygen atoms in total. The molecule has 12 aromatic heterocycles. The van der Waals surface area contributed by atoms with Crippen LogP contribution in [0.5, 0.6) is 0 Å². The third-order valence-electron chi connectivity index (χ3n) is 20.9. The van der Waals surface area contributed by atoms with E-state index >= 15 is 0 Å². The Morgan fingerprint density at radius 1 is 0.394 bits per heavy atom. The summed E-state index contributed by atoms with van der Waals surface area (Å²) >= 11 is 0. The molecular weight excluding hydrogens is 1350 g/mol. The van der Waals surface area contributed by atoms with Crippen molar-refractivity contribution in [3.63, 3.8) is 0 Å². The zero-order valence-electron chi connectivity index (χ0n) is 69.3. The number of hydrogen-bond acceptors (Lipinski definition) is 9. The standard InChI is InChI=1S/C29H27N4O.C23H20N3O.C22H20N3O.C18H18N3O/c1-18-15-16-22-21-13-9-10-14-23(21)34-26(22)25(18)33-19(2)32(20-11-7-6-8-12-20)28-27(33)30-17-24(31-28)29(3,4)5;1-15-9-11-19-20-12-10-16(2)24-23(20)27-22(19)21(15)26-14-13-25(17(26)3)18-7-5-4-6-8-18;1-13-9-11-16-17-12-10-14(2)23-22(17)26-21(16)20(13)25-15(3)24(4)18-7-5-6-8-19(18)25;1-11-5-7-14-15-8-6-12(2)19-18(15)22-17(14)16(11)21-10-9-20(4)13(21)3/h6-17H,1-5H3;4-14H,1-3H3;5-12H,1-4H3;5-10H,1-4H3/q4*+1/i;;2*4D3. The van der Waals surface area contributed by atoms with E-state index in [0.29, 0.717) is 45.5 Å². The lowest BCUT2D eigenvalue weighted by molar-refractivity contribution is -0.677. The van der Waals surface area contributed by atoms with Crippen LogP contribution in [0.25, 0.3) is 145 Å². The van der Waals surface area contributed by atoms with Crippen molar-refractivity contribution in [1.82, 2.24) is 43.2 Å². The monoisotopic (exact) mass is 1440 g/mol. The molecule has 0 saturated carbocycles. The molecule has 0 unspecified atom stereocenters. The summed E-state index contributed by atoms with van der Waals surface area (Å²) in [7, 11) is 0. The highest BCUT2D eigenvalue weighted by Crippen LogP contribution is 2.40. The van der Waals surface area contributed by atoms with Crippen LogP contribution in [0, 0.1) is 76.2 Å². The van der Waals surface area contributed by atoms with Gasteiger partial charge in [0.1, 0.15) is 47.9 Å². The van der Waals surface area contributed by atoms with Crippen LogP contribution in [0.3, 0.4) is 0 Å². The first-order chi connectivity index (χ1) is 55.0. The van der Waals surface area contributed by atoms with Gasteiger partial charge in [-0.15, -0.1) is 4.98 Å². The molecule has 0 N–H and O–H groups in total. The molecule has 109 heavy (non-hydrogen) atoms. The Hall–Kier alpha value is -13.2. The molecule has 0 fully saturated rings. The maximum Gasteiger partial charge on any atom is 0.327 e. The molecule has 0 radical (unpaired) electrons. The van der Waals surface area contributed by atoms with Crippen molar-refractivity contribution < 1.29 is 44.2 Å². The van der Waals surface area contributed by atoms with Crippen LogP contribution in [0.1, 0.15) is 97.3 Å². The van der Waals surface area contributed by atoms with E-state index in [0.717, 1.165) is 167 Å². The van der Waals surface area contributed by atoms with Crippen LogP contribution in [0.4, 0.5) is 0 Å². The topological polar surface area (TPSA) is 152 Å². The van der Waals surface area contributed by atoms with E-state index < -0.39 is 14.0 Å². The summed E-state index contributed by atoms with van der Waals surface area (Å²) in [5, 5.41) is 8.20. The fraction of sp³-hybridized carbons (Fsp3) is 0.185.